The monoisotopic (exact) mass is 286 g/mol. The highest BCUT2D eigenvalue weighted by atomic mass is 15.5. The fourth-order valence-electron chi connectivity index (χ4n) is 3.48. The van der Waals surface area contributed by atoms with Crippen LogP contribution in [0.4, 0.5) is 5.82 Å². The van der Waals surface area contributed by atoms with Gasteiger partial charge in [-0.05, 0) is 37.5 Å². The normalized spacial score (nSPS) is 24.6. The Bertz CT molecular complexity index is 672. The number of anilines is 1. The Morgan fingerprint density at radius 1 is 1.24 bits per heavy atom. The summed E-state index contributed by atoms with van der Waals surface area (Å²) in [6.07, 6.45) is 7.70. The summed E-state index contributed by atoms with van der Waals surface area (Å²) in [5, 5.41) is 8.65. The first-order valence-corrected chi connectivity index (χ1v) is 7.84. The Kier molecular flexibility index (Phi) is 2.71. The van der Waals surface area contributed by atoms with E-state index in [1.54, 1.807) is 6.33 Å². The van der Waals surface area contributed by atoms with Gasteiger partial charge in [0.2, 0.25) is 0 Å². The molecule has 1 atom stereocenters. The lowest BCUT2D eigenvalue weighted by Crippen LogP contribution is -2.31. The van der Waals surface area contributed by atoms with Crippen LogP contribution < -0.4 is 4.90 Å². The van der Waals surface area contributed by atoms with Gasteiger partial charge >= 0.3 is 0 Å². The number of fused-ring (bicyclic) bond motifs is 1. The van der Waals surface area contributed by atoms with Crippen molar-refractivity contribution in [2.24, 2.45) is 5.41 Å². The molecule has 0 aromatic carbocycles. The van der Waals surface area contributed by atoms with Gasteiger partial charge in [-0.3, -0.25) is 0 Å². The maximum atomic E-state index is 4.49. The van der Waals surface area contributed by atoms with Crippen LogP contribution in [0.25, 0.3) is 11.2 Å². The second kappa shape index (κ2) is 4.39. The number of aromatic nitrogens is 5. The molecule has 2 aromatic heterocycles. The molecule has 112 valence electrons. The topological polar surface area (TPSA) is 59.7 Å². The highest BCUT2D eigenvalue weighted by molar-refractivity contribution is 5.82. The minimum atomic E-state index is 0.427. The van der Waals surface area contributed by atoms with Gasteiger partial charge in [-0.15, -0.1) is 5.10 Å². The predicted molar refractivity (Wildman–Crippen MR) is 81.2 cm³/mol. The van der Waals surface area contributed by atoms with Gasteiger partial charge in [-0.2, -0.15) is 0 Å². The predicted octanol–water partition coefficient (Wildman–Crippen LogP) is 2.57. The van der Waals surface area contributed by atoms with E-state index in [1.165, 1.54) is 32.1 Å². The fraction of sp³-hybridized carbons (Fsp3) is 0.733. The zero-order valence-electron chi connectivity index (χ0n) is 13.0. The third-order valence-electron chi connectivity index (χ3n) is 4.96. The van der Waals surface area contributed by atoms with Crippen molar-refractivity contribution >= 4 is 17.0 Å². The second-order valence-corrected chi connectivity index (χ2v) is 7.31. The molecule has 0 bridgehead atoms. The lowest BCUT2D eigenvalue weighted by molar-refractivity contribution is 0.374. The maximum Gasteiger partial charge on any atom is 0.184 e. The van der Waals surface area contributed by atoms with Crippen molar-refractivity contribution in [2.45, 2.75) is 58.0 Å². The van der Waals surface area contributed by atoms with Crippen LogP contribution >= 0.6 is 0 Å². The molecule has 0 saturated heterocycles. The average Bonchev–Trinajstić information content (AvgIpc) is 3.10. The largest absolute Gasteiger partial charge is 0.355 e. The van der Waals surface area contributed by atoms with Crippen molar-refractivity contribution in [2.75, 3.05) is 11.9 Å². The van der Waals surface area contributed by atoms with E-state index in [0.29, 0.717) is 17.5 Å². The van der Waals surface area contributed by atoms with Crippen molar-refractivity contribution in [3.8, 4) is 0 Å². The maximum absolute atomic E-state index is 4.49. The number of rotatable bonds is 3. The first-order chi connectivity index (χ1) is 10.1. The van der Waals surface area contributed by atoms with E-state index in [-0.39, 0.29) is 0 Å². The van der Waals surface area contributed by atoms with Gasteiger partial charge in [0, 0.05) is 13.1 Å². The van der Waals surface area contributed by atoms with Gasteiger partial charge in [-0.25, -0.2) is 14.6 Å². The minimum Gasteiger partial charge on any atom is -0.355 e. The summed E-state index contributed by atoms with van der Waals surface area (Å²) in [6.45, 7) is 4.69. The summed E-state index contributed by atoms with van der Waals surface area (Å²) in [7, 11) is 2.13. The third-order valence-corrected chi connectivity index (χ3v) is 4.96. The Morgan fingerprint density at radius 2 is 2.05 bits per heavy atom. The number of hydrogen-bond donors (Lipinski definition) is 0. The molecule has 0 aliphatic heterocycles. The lowest BCUT2D eigenvalue weighted by atomic mass is 9.91. The zero-order valence-corrected chi connectivity index (χ0v) is 13.0. The molecule has 6 nitrogen and oxygen atoms in total. The summed E-state index contributed by atoms with van der Waals surface area (Å²) in [4.78, 5) is 11.2. The summed E-state index contributed by atoms with van der Waals surface area (Å²) in [5.41, 5.74) is 2.15. The van der Waals surface area contributed by atoms with Crippen molar-refractivity contribution < 1.29 is 0 Å². The molecular weight excluding hydrogens is 264 g/mol. The van der Waals surface area contributed by atoms with Gasteiger partial charge in [-0.1, -0.05) is 19.1 Å². The molecule has 2 heterocycles. The van der Waals surface area contributed by atoms with Crippen molar-refractivity contribution in [3.63, 3.8) is 0 Å². The lowest BCUT2D eigenvalue weighted by Gasteiger charge is -2.26. The molecule has 0 spiro atoms. The SMILES string of the molecule is CN(c1ncnc2c1nnn2C1CC1)C1CCC(C)(C)C1. The summed E-state index contributed by atoms with van der Waals surface area (Å²) in [5.74, 6) is 0.926. The van der Waals surface area contributed by atoms with E-state index in [4.69, 9.17) is 0 Å². The molecular formula is C15H22N6. The van der Waals surface area contributed by atoms with Gasteiger partial charge < -0.3 is 4.90 Å². The molecule has 1 unspecified atom stereocenters. The van der Waals surface area contributed by atoms with Crippen molar-refractivity contribution in [3.05, 3.63) is 6.33 Å². The second-order valence-electron chi connectivity index (χ2n) is 7.31. The van der Waals surface area contributed by atoms with Gasteiger partial charge in [0.05, 0.1) is 6.04 Å². The molecule has 0 N–H and O–H groups in total. The van der Waals surface area contributed by atoms with E-state index >= 15 is 0 Å². The van der Waals surface area contributed by atoms with E-state index in [1.807, 2.05) is 4.68 Å². The van der Waals surface area contributed by atoms with E-state index in [0.717, 1.165) is 17.0 Å². The van der Waals surface area contributed by atoms with Crippen LogP contribution in [0.1, 0.15) is 52.0 Å². The summed E-state index contributed by atoms with van der Waals surface area (Å²) in [6, 6.07) is 1.03. The third kappa shape index (κ3) is 2.17. The van der Waals surface area contributed by atoms with E-state index in [9.17, 15) is 0 Å². The Morgan fingerprint density at radius 3 is 2.71 bits per heavy atom. The van der Waals surface area contributed by atoms with Crippen LogP contribution in [0.2, 0.25) is 0 Å². The molecule has 2 aliphatic carbocycles. The highest BCUT2D eigenvalue weighted by Gasteiger charge is 2.35. The summed E-state index contributed by atoms with van der Waals surface area (Å²) >= 11 is 0. The first-order valence-electron chi connectivity index (χ1n) is 7.84. The molecule has 2 fully saturated rings. The smallest absolute Gasteiger partial charge is 0.184 e. The Labute approximate surface area is 124 Å². The van der Waals surface area contributed by atoms with Crippen molar-refractivity contribution in [1.29, 1.82) is 0 Å². The Balaban J connectivity index is 1.70. The van der Waals surface area contributed by atoms with Crippen LogP contribution in [-0.2, 0) is 0 Å². The van der Waals surface area contributed by atoms with Gasteiger partial charge in [0.1, 0.15) is 6.33 Å². The van der Waals surface area contributed by atoms with Crippen LogP contribution in [0, 0.1) is 5.41 Å². The van der Waals surface area contributed by atoms with E-state index in [2.05, 4.69) is 46.1 Å². The standard InChI is InChI=1S/C15H22N6/c1-15(2)7-6-11(8-15)20(3)13-12-14(17-9-16-13)21(19-18-12)10-4-5-10/h9-11H,4-8H2,1-3H3. The first kappa shape index (κ1) is 13.0. The molecule has 21 heavy (non-hydrogen) atoms. The highest BCUT2D eigenvalue weighted by Crippen LogP contribution is 2.41. The van der Waals surface area contributed by atoms with Crippen LogP contribution in [0.15, 0.2) is 6.33 Å². The number of hydrogen-bond acceptors (Lipinski definition) is 5. The average molecular weight is 286 g/mol. The minimum absolute atomic E-state index is 0.427. The molecule has 2 saturated carbocycles. The van der Waals surface area contributed by atoms with Crippen LogP contribution in [0.3, 0.4) is 0 Å². The molecule has 4 rings (SSSR count). The number of nitrogens with zero attached hydrogens (tertiary/aromatic N) is 6. The molecule has 6 heteroatoms. The van der Waals surface area contributed by atoms with Crippen LogP contribution in [-0.4, -0.2) is 38.1 Å². The van der Waals surface area contributed by atoms with Crippen LogP contribution in [0.5, 0.6) is 0 Å². The quantitative estimate of drug-likeness (QED) is 0.868. The fourth-order valence-corrected chi connectivity index (χ4v) is 3.48. The molecule has 2 aliphatic rings. The molecule has 0 radical (unpaired) electrons. The van der Waals surface area contributed by atoms with Crippen molar-refractivity contribution in [1.82, 2.24) is 25.0 Å². The Hall–Kier alpha value is -1.72. The van der Waals surface area contributed by atoms with Gasteiger partial charge in [0.15, 0.2) is 17.0 Å². The molecule has 0 amide bonds. The molecule has 2 aromatic rings. The van der Waals surface area contributed by atoms with E-state index < -0.39 is 0 Å². The zero-order chi connectivity index (χ0) is 14.6. The van der Waals surface area contributed by atoms with Gasteiger partial charge in [0.25, 0.3) is 0 Å². The summed E-state index contributed by atoms with van der Waals surface area (Å²) < 4.78 is 1.97.